The van der Waals surface area contributed by atoms with E-state index in [9.17, 15) is 4.79 Å². The van der Waals surface area contributed by atoms with Gasteiger partial charge in [-0.1, -0.05) is 52.2 Å². The van der Waals surface area contributed by atoms with Crippen LogP contribution in [0.3, 0.4) is 0 Å². The molecule has 0 aliphatic heterocycles. The van der Waals surface area contributed by atoms with E-state index < -0.39 is 5.41 Å². The Balaban J connectivity index is 4.29. The highest BCUT2D eigenvalue weighted by Crippen LogP contribution is 2.25. The maximum atomic E-state index is 12.1. The van der Waals surface area contributed by atoms with Crippen molar-refractivity contribution in [2.75, 3.05) is 6.61 Å². The Morgan fingerprint density at radius 3 is 2.44 bits per heavy atom. The molecule has 2 atom stereocenters. The molecule has 2 nitrogen and oxygen atoms in total. The first-order chi connectivity index (χ1) is 8.53. The highest BCUT2D eigenvalue weighted by atomic mass is 16.5. The van der Waals surface area contributed by atoms with Crippen LogP contribution in [0.4, 0.5) is 0 Å². The lowest BCUT2D eigenvalue weighted by Gasteiger charge is -2.24. The second-order valence-electron chi connectivity index (χ2n) is 5.29. The molecule has 18 heavy (non-hydrogen) atoms. The summed E-state index contributed by atoms with van der Waals surface area (Å²) in [4.78, 5) is 12.1. The lowest BCUT2D eigenvalue weighted by Crippen LogP contribution is -2.29. The molecule has 0 N–H and O–H groups in total. The van der Waals surface area contributed by atoms with Gasteiger partial charge in [0.25, 0.3) is 0 Å². The van der Waals surface area contributed by atoms with Crippen LogP contribution in [0.5, 0.6) is 0 Å². The number of unbranched alkanes of at least 4 members (excludes halogenated alkanes) is 1. The number of hydrogen-bond acceptors (Lipinski definition) is 2. The predicted octanol–water partition coefficient (Wildman–Crippen LogP) is 4.74. The molecule has 106 valence electrons. The predicted molar refractivity (Wildman–Crippen MR) is 77.5 cm³/mol. The molecule has 0 rings (SSSR count). The minimum Gasteiger partial charge on any atom is -0.465 e. The van der Waals surface area contributed by atoms with Gasteiger partial charge in [0.1, 0.15) is 0 Å². The van der Waals surface area contributed by atoms with Crippen LogP contribution >= 0.6 is 0 Å². The monoisotopic (exact) mass is 254 g/mol. The Bertz CT molecular complexity index is 258. The summed E-state index contributed by atoms with van der Waals surface area (Å²) in [7, 11) is 0. The molecule has 0 heterocycles. The SMILES string of the molecule is C/C=C\C(C)(CC)C(=O)OCC(CC)CCCC. The summed E-state index contributed by atoms with van der Waals surface area (Å²) in [5.41, 5.74) is -0.461. The normalized spacial score (nSPS) is 16.5. The number of esters is 1. The second-order valence-corrected chi connectivity index (χ2v) is 5.29. The van der Waals surface area contributed by atoms with Gasteiger partial charge in [-0.25, -0.2) is 0 Å². The zero-order chi connectivity index (χ0) is 14.0. The number of hydrogen-bond donors (Lipinski definition) is 0. The molecule has 0 fully saturated rings. The van der Waals surface area contributed by atoms with E-state index >= 15 is 0 Å². The summed E-state index contributed by atoms with van der Waals surface area (Å²) in [5.74, 6) is 0.429. The minimum atomic E-state index is -0.461. The van der Waals surface area contributed by atoms with Crippen LogP contribution in [0, 0.1) is 11.3 Å². The Hall–Kier alpha value is -0.790. The van der Waals surface area contributed by atoms with Gasteiger partial charge < -0.3 is 4.74 Å². The van der Waals surface area contributed by atoms with Crippen molar-refractivity contribution in [1.29, 1.82) is 0 Å². The van der Waals surface area contributed by atoms with Gasteiger partial charge in [-0.3, -0.25) is 4.79 Å². The maximum Gasteiger partial charge on any atom is 0.315 e. The Morgan fingerprint density at radius 1 is 1.33 bits per heavy atom. The van der Waals surface area contributed by atoms with Crippen molar-refractivity contribution >= 4 is 5.97 Å². The fourth-order valence-electron chi connectivity index (χ4n) is 1.95. The van der Waals surface area contributed by atoms with Crippen LogP contribution in [0.15, 0.2) is 12.2 Å². The van der Waals surface area contributed by atoms with Gasteiger partial charge in [0, 0.05) is 0 Å². The van der Waals surface area contributed by atoms with Gasteiger partial charge in [-0.2, -0.15) is 0 Å². The van der Waals surface area contributed by atoms with Crippen molar-refractivity contribution in [2.45, 2.75) is 66.7 Å². The zero-order valence-corrected chi connectivity index (χ0v) is 12.8. The smallest absolute Gasteiger partial charge is 0.315 e. The molecule has 0 bridgehead atoms. The van der Waals surface area contributed by atoms with Gasteiger partial charge in [0.15, 0.2) is 0 Å². The lowest BCUT2D eigenvalue weighted by atomic mass is 9.87. The van der Waals surface area contributed by atoms with Crippen molar-refractivity contribution in [2.24, 2.45) is 11.3 Å². The van der Waals surface area contributed by atoms with E-state index in [0.29, 0.717) is 12.5 Å². The zero-order valence-electron chi connectivity index (χ0n) is 12.8. The minimum absolute atomic E-state index is 0.0851. The molecule has 0 radical (unpaired) electrons. The fraction of sp³-hybridized carbons (Fsp3) is 0.812. The number of ether oxygens (including phenoxy) is 1. The highest BCUT2D eigenvalue weighted by Gasteiger charge is 2.30. The van der Waals surface area contributed by atoms with Crippen molar-refractivity contribution in [3.05, 3.63) is 12.2 Å². The van der Waals surface area contributed by atoms with Crippen molar-refractivity contribution in [3.8, 4) is 0 Å². The Morgan fingerprint density at radius 2 is 2.00 bits per heavy atom. The quantitative estimate of drug-likeness (QED) is 0.439. The van der Waals surface area contributed by atoms with Crippen LogP contribution < -0.4 is 0 Å². The highest BCUT2D eigenvalue weighted by molar-refractivity contribution is 5.78. The molecule has 0 aromatic rings. The number of carbonyl (C=O) groups is 1. The summed E-state index contributed by atoms with van der Waals surface area (Å²) in [6.45, 7) is 10.8. The molecule has 0 aliphatic carbocycles. The van der Waals surface area contributed by atoms with Crippen LogP contribution in [-0.4, -0.2) is 12.6 Å². The molecule has 2 unspecified atom stereocenters. The third-order valence-corrected chi connectivity index (χ3v) is 3.73. The van der Waals surface area contributed by atoms with E-state index in [2.05, 4.69) is 13.8 Å². The second kappa shape index (κ2) is 9.18. The fourth-order valence-corrected chi connectivity index (χ4v) is 1.95. The van der Waals surface area contributed by atoms with Crippen molar-refractivity contribution in [1.82, 2.24) is 0 Å². The van der Waals surface area contributed by atoms with E-state index in [1.165, 1.54) is 12.8 Å². The lowest BCUT2D eigenvalue weighted by molar-refractivity contribution is -0.153. The van der Waals surface area contributed by atoms with Crippen LogP contribution in [0.1, 0.15) is 66.7 Å². The third kappa shape index (κ3) is 5.70. The van der Waals surface area contributed by atoms with E-state index in [4.69, 9.17) is 4.74 Å². The van der Waals surface area contributed by atoms with Gasteiger partial charge in [-0.05, 0) is 32.6 Å². The Labute approximate surface area is 113 Å². The molecule has 0 saturated carbocycles. The van der Waals surface area contributed by atoms with Crippen LogP contribution in [0.25, 0.3) is 0 Å². The first-order valence-corrected chi connectivity index (χ1v) is 7.35. The molecule has 0 saturated heterocycles. The van der Waals surface area contributed by atoms with Crippen LogP contribution in [-0.2, 0) is 9.53 Å². The summed E-state index contributed by atoms with van der Waals surface area (Å²) in [6.07, 6.45) is 9.32. The first-order valence-electron chi connectivity index (χ1n) is 7.35. The molecule has 0 aliphatic rings. The number of allylic oxidation sites excluding steroid dienone is 1. The van der Waals surface area contributed by atoms with Gasteiger partial charge in [0.2, 0.25) is 0 Å². The van der Waals surface area contributed by atoms with E-state index in [1.54, 1.807) is 0 Å². The summed E-state index contributed by atoms with van der Waals surface area (Å²) < 4.78 is 5.51. The van der Waals surface area contributed by atoms with Crippen molar-refractivity contribution < 1.29 is 9.53 Å². The first kappa shape index (κ1) is 17.2. The Kier molecular flexibility index (Phi) is 8.78. The number of carbonyl (C=O) groups excluding carboxylic acids is 1. The molecule has 0 spiro atoms. The summed E-state index contributed by atoms with van der Waals surface area (Å²) in [6, 6.07) is 0. The van der Waals surface area contributed by atoms with E-state index in [-0.39, 0.29) is 5.97 Å². The molecule has 0 aromatic carbocycles. The largest absolute Gasteiger partial charge is 0.465 e. The molecule has 2 heteroatoms. The molecule has 0 amide bonds. The standard InChI is InChI=1S/C16H30O2/c1-6-10-11-14(8-3)13-18-15(17)16(5,9-4)12-7-2/h7,12,14H,6,8-11,13H2,1-5H3/b12-7-. The van der Waals surface area contributed by atoms with Gasteiger partial charge in [0.05, 0.1) is 12.0 Å². The summed E-state index contributed by atoms with van der Waals surface area (Å²) in [5, 5.41) is 0. The van der Waals surface area contributed by atoms with Gasteiger partial charge in [-0.15, -0.1) is 0 Å². The van der Waals surface area contributed by atoms with Crippen LogP contribution in [0.2, 0.25) is 0 Å². The van der Waals surface area contributed by atoms with E-state index in [1.807, 2.05) is 32.9 Å². The van der Waals surface area contributed by atoms with E-state index in [0.717, 1.165) is 19.3 Å². The maximum absolute atomic E-state index is 12.1. The average molecular weight is 254 g/mol. The number of rotatable bonds is 9. The summed E-state index contributed by atoms with van der Waals surface area (Å²) >= 11 is 0. The average Bonchev–Trinajstić information content (AvgIpc) is 2.38. The molecular formula is C16H30O2. The third-order valence-electron chi connectivity index (χ3n) is 3.73. The molecular weight excluding hydrogens is 224 g/mol. The van der Waals surface area contributed by atoms with Gasteiger partial charge >= 0.3 is 5.97 Å². The molecule has 0 aromatic heterocycles. The topological polar surface area (TPSA) is 26.3 Å². The van der Waals surface area contributed by atoms with Crippen molar-refractivity contribution in [3.63, 3.8) is 0 Å².